The Labute approximate surface area is 124 Å². The molecule has 2 N–H and O–H groups in total. The van der Waals surface area contributed by atoms with E-state index in [1.165, 1.54) is 22.8 Å². The molecule has 2 heterocycles. The second kappa shape index (κ2) is 6.40. The predicted octanol–water partition coefficient (Wildman–Crippen LogP) is 0.331. The Morgan fingerprint density at radius 3 is 2.67 bits per heavy atom. The number of aromatic hydroxyl groups is 1. The van der Waals surface area contributed by atoms with Crippen molar-refractivity contribution in [3.63, 3.8) is 0 Å². The molecule has 0 aliphatic carbocycles. The normalized spacial score (nSPS) is 17.6. The average molecular weight is 313 g/mol. The van der Waals surface area contributed by atoms with Gasteiger partial charge >= 0.3 is 0 Å². The fourth-order valence-corrected chi connectivity index (χ4v) is 3.41. The van der Waals surface area contributed by atoms with Gasteiger partial charge in [0.25, 0.3) is 5.91 Å². The molecule has 0 radical (unpaired) electrons. The van der Waals surface area contributed by atoms with Gasteiger partial charge in [-0.3, -0.25) is 9.78 Å². The summed E-state index contributed by atoms with van der Waals surface area (Å²) < 4.78 is 25.0. The summed E-state index contributed by atoms with van der Waals surface area (Å²) in [4.78, 5) is 15.8. The smallest absolute Gasteiger partial charge is 0.253 e. The van der Waals surface area contributed by atoms with Crippen molar-refractivity contribution in [3.05, 3.63) is 24.0 Å². The van der Waals surface area contributed by atoms with Crippen molar-refractivity contribution in [1.82, 2.24) is 14.6 Å². The van der Waals surface area contributed by atoms with Crippen LogP contribution in [0, 0.1) is 0 Å². The molecule has 0 unspecified atom stereocenters. The maximum absolute atomic E-state index is 12.0. The van der Waals surface area contributed by atoms with Crippen molar-refractivity contribution in [2.24, 2.45) is 0 Å². The lowest BCUT2D eigenvalue weighted by molar-refractivity contribution is 0.0923. The number of rotatable bonds is 4. The van der Waals surface area contributed by atoms with Crippen LogP contribution < -0.4 is 5.32 Å². The van der Waals surface area contributed by atoms with E-state index < -0.39 is 10.0 Å². The second-order valence-corrected chi connectivity index (χ2v) is 7.24. The zero-order chi connectivity index (χ0) is 15.5. The second-order valence-electron chi connectivity index (χ2n) is 4.98. The highest BCUT2D eigenvalue weighted by Gasteiger charge is 2.27. The van der Waals surface area contributed by atoms with Gasteiger partial charge in [0.1, 0.15) is 5.75 Å². The first kappa shape index (κ1) is 15.7. The number of aromatic nitrogens is 1. The van der Waals surface area contributed by atoms with E-state index in [1.807, 2.05) is 0 Å². The first-order chi connectivity index (χ1) is 9.92. The number of sulfonamides is 1. The van der Waals surface area contributed by atoms with E-state index in [9.17, 15) is 18.3 Å². The largest absolute Gasteiger partial charge is 0.506 e. The van der Waals surface area contributed by atoms with Crippen LogP contribution >= 0.6 is 0 Å². The summed E-state index contributed by atoms with van der Waals surface area (Å²) in [6.45, 7) is 2.46. The number of pyridine rings is 1. The van der Waals surface area contributed by atoms with Gasteiger partial charge < -0.3 is 10.4 Å². The molecular formula is C13H19N3O4S. The van der Waals surface area contributed by atoms with Crippen LogP contribution in [0.2, 0.25) is 0 Å². The number of hydrogen-bond donors (Lipinski definition) is 2. The van der Waals surface area contributed by atoms with Crippen LogP contribution in [0.3, 0.4) is 0 Å². The van der Waals surface area contributed by atoms with Crippen LogP contribution in [0.1, 0.15) is 30.1 Å². The minimum atomic E-state index is -3.15. The van der Waals surface area contributed by atoms with E-state index in [-0.39, 0.29) is 23.5 Å². The quantitative estimate of drug-likeness (QED) is 0.834. The Kier molecular flexibility index (Phi) is 4.79. The lowest BCUT2D eigenvalue weighted by Crippen LogP contribution is -2.46. The molecule has 21 heavy (non-hydrogen) atoms. The van der Waals surface area contributed by atoms with Crippen molar-refractivity contribution >= 4 is 15.9 Å². The van der Waals surface area contributed by atoms with E-state index in [2.05, 4.69) is 10.3 Å². The Morgan fingerprint density at radius 1 is 1.43 bits per heavy atom. The van der Waals surface area contributed by atoms with E-state index in [0.29, 0.717) is 31.5 Å². The number of hydrogen-bond acceptors (Lipinski definition) is 5. The van der Waals surface area contributed by atoms with Crippen LogP contribution in [0.5, 0.6) is 5.75 Å². The standard InChI is InChI=1S/C13H19N3O4S/c1-2-21(19,20)16-5-3-11(4-6-16)15-13(18)10-7-12(17)9-14-8-10/h7-9,11,17H,2-6H2,1H3,(H,15,18). The van der Waals surface area contributed by atoms with Gasteiger partial charge in [0.15, 0.2) is 0 Å². The fourth-order valence-electron chi connectivity index (χ4n) is 2.28. The third kappa shape index (κ3) is 3.92. The zero-order valence-electron chi connectivity index (χ0n) is 11.8. The molecule has 1 aromatic heterocycles. The van der Waals surface area contributed by atoms with E-state index in [0.717, 1.165) is 0 Å². The molecule has 0 saturated carbocycles. The molecule has 0 spiro atoms. The van der Waals surface area contributed by atoms with Gasteiger partial charge in [-0.15, -0.1) is 0 Å². The van der Waals surface area contributed by atoms with Gasteiger partial charge in [0.05, 0.1) is 17.5 Å². The summed E-state index contributed by atoms with van der Waals surface area (Å²) in [5.41, 5.74) is 0.290. The van der Waals surface area contributed by atoms with Crippen molar-refractivity contribution in [1.29, 1.82) is 0 Å². The molecule has 1 amide bonds. The Balaban J connectivity index is 1.91. The van der Waals surface area contributed by atoms with Crippen molar-refractivity contribution in [3.8, 4) is 5.75 Å². The molecule has 1 saturated heterocycles. The first-order valence-corrected chi connectivity index (χ1v) is 8.46. The number of nitrogens with zero attached hydrogens (tertiary/aromatic N) is 2. The highest BCUT2D eigenvalue weighted by Crippen LogP contribution is 2.15. The van der Waals surface area contributed by atoms with Crippen molar-refractivity contribution < 1.29 is 18.3 Å². The van der Waals surface area contributed by atoms with Gasteiger partial charge in [-0.1, -0.05) is 0 Å². The van der Waals surface area contributed by atoms with Gasteiger partial charge in [0.2, 0.25) is 10.0 Å². The summed E-state index contributed by atoms with van der Waals surface area (Å²) in [5, 5.41) is 12.1. The topological polar surface area (TPSA) is 99.6 Å². The molecule has 0 bridgehead atoms. The van der Waals surface area contributed by atoms with Gasteiger partial charge in [0, 0.05) is 25.3 Å². The summed E-state index contributed by atoms with van der Waals surface area (Å²) in [6, 6.07) is 1.28. The first-order valence-electron chi connectivity index (χ1n) is 6.85. The predicted molar refractivity (Wildman–Crippen MR) is 77.4 cm³/mol. The maximum Gasteiger partial charge on any atom is 0.253 e. The van der Waals surface area contributed by atoms with Crippen LogP contribution in [0.25, 0.3) is 0 Å². The number of piperidine rings is 1. The minimum absolute atomic E-state index is 0.0634. The molecule has 0 atom stereocenters. The lowest BCUT2D eigenvalue weighted by atomic mass is 10.1. The molecule has 116 valence electrons. The number of nitrogens with one attached hydrogen (secondary N) is 1. The van der Waals surface area contributed by atoms with Gasteiger partial charge in [-0.25, -0.2) is 12.7 Å². The zero-order valence-corrected chi connectivity index (χ0v) is 12.6. The third-order valence-electron chi connectivity index (χ3n) is 3.53. The van der Waals surface area contributed by atoms with Crippen molar-refractivity contribution in [2.45, 2.75) is 25.8 Å². The summed E-state index contributed by atoms with van der Waals surface area (Å²) >= 11 is 0. The van der Waals surface area contributed by atoms with E-state index in [4.69, 9.17) is 0 Å². The molecule has 0 aromatic carbocycles. The number of carbonyl (C=O) groups excluding carboxylic acids is 1. The number of carbonyl (C=O) groups is 1. The number of amides is 1. The Morgan fingerprint density at radius 2 is 2.10 bits per heavy atom. The third-order valence-corrected chi connectivity index (χ3v) is 5.41. The summed E-state index contributed by atoms with van der Waals surface area (Å²) in [6.07, 6.45) is 3.80. The van der Waals surface area contributed by atoms with Crippen LogP contribution in [0.4, 0.5) is 0 Å². The summed E-state index contributed by atoms with van der Waals surface area (Å²) in [5.74, 6) is -0.277. The minimum Gasteiger partial charge on any atom is -0.506 e. The SMILES string of the molecule is CCS(=O)(=O)N1CCC(NC(=O)c2cncc(O)c2)CC1. The van der Waals surface area contributed by atoms with Crippen LogP contribution in [-0.4, -0.2) is 53.6 Å². The summed E-state index contributed by atoms with van der Waals surface area (Å²) in [7, 11) is -3.15. The Hall–Kier alpha value is -1.67. The molecule has 1 aromatic rings. The van der Waals surface area contributed by atoms with Crippen LogP contribution in [0.15, 0.2) is 18.5 Å². The molecule has 1 fully saturated rings. The fraction of sp³-hybridized carbons (Fsp3) is 0.538. The molecule has 1 aliphatic rings. The van der Waals surface area contributed by atoms with Crippen LogP contribution in [-0.2, 0) is 10.0 Å². The van der Waals surface area contributed by atoms with Gasteiger partial charge in [-0.05, 0) is 25.8 Å². The van der Waals surface area contributed by atoms with E-state index in [1.54, 1.807) is 6.92 Å². The lowest BCUT2D eigenvalue weighted by Gasteiger charge is -2.31. The highest BCUT2D eigenvalue weighted by atomic mass is 32.2. The average Bonchev–Trinajstić information content (AvgIpc) is 2.48. The molecule has 2 rings (SSSR count). The van der Waals surface area contributed by atoms with Crippen molar-refractivity contribution in [2.75, 3.05) is 18.8 Å². The van der Waals surface area contributed by atoms with E-state index >= 15 is 0 Å². The monoisotopic (exact) mass is 313 g/mol. The molecule has 7 nitrogen and oxygen atoms in total. The molecular weight excluding hydrogens is 294 g/mol. The molecule has 8 heteroatoms. The Bertz CT molecular complexity index is 610. The highest BCUT2D eigenvalue weighted by molar-refractivity contribution is 7.89. The molecule has 1 aliphatic heterocycles. The van der Waals surface area contributed by atoms with Gasteiger partial charge in [-0.2, -0.15) is 0 Å². The maximum atomic E-state index is 12.0.